The van der Waals surface area contributed by atoms with Crippen molar-refractivity contribution in [3.8, 4) is 27.9 Å². The van der Waals surface area contributed by atoms with Crippen LogP contribution in [0.3, 0.4) is 0 Å². The molecule has 6 rings (SSSR count). The normalized spacial score (nSPS) is 11.3. The predicted molar refractivity (Wildman–Crippen MR) is 139 cm³/mol. The van der Waals surface area contributed by atoms with Crippen molar-refractivity contribution in [1.29, 1.82) is 0 Å². The van der Waals surface area contributed by atoms with Gasteiger partial charge in [-0.2, -0.15) is 0 Å². The topological polar surface area (TPSA) is 4.93 Å². The van der Waals surface area contributed by atoms with Gasteiger partial charge in [-0.1, -0.05) is 107 Å². The third kappa shape index (κ3) is 3.16. The number of hydrogen-bond acceptors (Lipinski definition) is 0. The second kappa shape index (κ2) is 7.81. The van der Waals surface area contributed by atoms with E-state index in [0.717, 1.165) is 10.2 Å². The van der Waals surface area contributed by atoms with Gasteiger partial charge in [0.2, 0.25) is 0 Å². The first kappa shape index (κ1) is 19.1. The lowest BCUT2D eigenvalue weighted by Crippen LogP contribution is -1.95. The highest BCUT2D eigenvalue weighted by molar-refractivity contribution is 9.10. The summed E-state index contributed by atoms with van der Waals surface area (Å²) in [4.78, 5) is 0. The summed E-state index contributed by atoms with van der Waals surface area (Å²) < 4.78 is 3.47. The van der Waals surface area contributed by atoms with E-state index in [2.05, 4.69) is 142 Å². The number of fused-ring (bicyclic) bond motifs is 3. The average molecular weight is 474 g/mol. The van der Waals surface area contributed by atoms with Crippen LogP contribution >= 0.6 is 15.9 Å². The van der Waals surface area contributed by atoms with Crippen LogP contribution in [0.5, 0.6) is 0 Å². The van der Waals surface area contributed by atoms with Gasteiger partial charge in [0.05, 0.1) is 11.0 Å². The Balaban J connectivity index is 1.61. The number of halogens is 1. The van der Waals surface area contributed by atoms with Gasteiger partial charge in [-0.3, -0.25) is 0 Å². The second-order valence-electron chi connectivity index (χ2n) is 7.97. The monoisotopic (exact) mass is 473 g/mol. The van der Waals surface area contributed by atoms with E-state index < -0.39 is 0 Å². The minimum absolute atomic E-state index is 1.08. The zero-order valence-corrected chi connectivity index (χ0v) is 19.0. The largest absolute Gasteiger partial charge is 0.309 e. The summed E-state index contributed by atoms with van der Waals surface area (Å²) in [5, 5.41) is 2.54. The highest BCUT2D eigenvalue weighted by Crippen LogP contribution is 2.38. The number of benzene rings is 5. The summed E-state index contributed by atoms with van der Waals surface area (Å²) in [5.41, 5.74) is 8.54. The molecule has 0 saturated carbocycles. The number of aromatic nitrogens is 1. The second-order valence-corrected chi connectivity index (χ2v) is 8.89. The molecule has 0 unspecified atom stereocenters. The summed E-state index contributed by atoms with van der Waals surface area (Å²) in [6.07, 6.45) is 0. The molecule has 1 heterocycles. The van der Waals surface area contributed by atoms with E-state index in [-0.39, 0.29) is 0 Å². The third-order valence-corrected chi connectivity index (χ3v) is 6.61. The van der Waals surface area contributed by atoms with Crippen molar-refractivity contribution in [2.24, 2.45) is 0 Å². The molecule has 0 N–H and O–H groups in total. The number of hydrogen-bond donors (Lipinski definition) is 0. The molecular formula is C30H20BrN. The molecule has 152 valence electrons. The lowest BCUT2D eigenvalue weighted by molar-refractivity contribution is 1.18. The van der Waals surface area contributed by atoms with Gasteiger partial charge in [0.1, 0.15) is 0 Å². The van der Waals surface area contributed by atoms with Gasteiger partial charge >= 0.3 is 0 Å². The average Bonchev–Trinajstić information content (AvgIpc) is 3.20. The van der Waals surface area contributed by atoms with Gasteiger partial charge in [0.15, 0.2) is 0 Å². The molecule has 5 aromatic carbocycles. The molecule has 6 aromatic rings. The van der Waals surface area contributed by atoms with Crippen LogP contribution in [0.1, 0.15) is 0 Å². The van der Waals surface area contributed by atoms with Crippen molar-refractivity contribution < 1.29 is 0 Å². The van der Waals surface area contributed by atoms with Crippen molar-refractivity contribution in [3.05, 3.63) is 126 Å². The minimum Gasteiger partial charge on any atom is -0.309 e. The molecule has 0 aliphatic heterocycles. The molecule has 0 saturated heterocycles. The van der Waals surface area contributed by atoms with E-state index in [4.69, 9.17) is 0 Å². The fraction of sp³-hybridized carbons (Fsp3) is 0. The first-order valence-corrected chi connectivity index (χ1v) is 11.5. The molecule has 0 aliphatic rings. The van der Waals surface area contributed by atoms with Gasteiger partial charge in [-0.25, -0.2) is 0 Å². The Morgan fingerprint density at radius 2 is 1.09 bits per heavy atom. The van der Waals surface area contributed by atoms with E-state index >= 15 is 0 Å². The van der Waals surface area contributed by atoms with Crippen molar-refractivity contribution in [1.82, 2.24) is 4.57 Å². The van der Waals surface area contributed by atoms with Crippen LogP contribution in [0.4, 0.5) is 0 Å². The molecule has 0 aliphatic carbocycles. The van der Waals surface area contributed by atoms with E-state index in [1.807, 2.05) is 0 Å². The maximum Gasteiger partial charge on any atom is 0.0619 e. The van der Waals surface area contributed by atoms with Crippen LogP contribution in [0, 0.1) is 0 Å². The molecule has 0 fully saturated rings. The summed E-state index contributed by atoms with van der Waals surface area (Å²) in [7, 11) is 0. The number of nitrogens with zero attached hydrogens (tertiary/aromatic N) is 1. The Labute approximate surface area is 195 Å². The molecule has 32 heavy (non-hydrogen) atoms. The molecule has 0 amide bonds. The molecule has 0 radical (unpaired) electrons. The number of para-hydroxylation sites is 2. The lowest BCUT2D eigenvalue weighted by atomic mass is 9.98. The molecule has 1 aromatic heterocycles. The standard InChI is InChI=1S/C30H20BrN/c31-24-17-19-25(20-18-24)32-29-12-5-4-9-27(29)28-11-6-10-26(30(28)32)23-15-13-22(14-16-23)21-7-2-1-3-8-21/h1-20H. The van der Waals surface area contributed by atoms with Crippen LogP contribution in [-0.2, 0) is 0 Å². The van der Waals surface area contributed by atoms with Crippen LogP contribution in [0.25, 0.3) is 49.7 Å². The quantitative estimate of drug-likeness (QED) is 0.241. The zero-order valence-electron chi connectivity index (χ0n) is 17.4. The van der Waals surface area contributed by atoms with Crippen molar-refractivity contribution >= 4 is 37.7 Å². The Kier molecular flexibility index (Phi) is 4.66. The Morgan fingerprint density at radius 1 is 0.469 bits per heavy atom. The summed E-state index contributed by atoms with van der Waals surface area (Å²) in [6.45, 7) is 0. The minimum atomic E-state index is 1.08. The van der Waals surface area contributed by atoms with E-state index in [0.29, 0.717) is 0 Å². The Morgan fingerprint density at radius 3 is 1.88 bits per heavy atom. The van der Waals surface area contributed by atoms with Gasteiger partial charge in [0, 0.05) is 26.5 Å². The third-order valence-electron chi connectivity index (χ3n) is 6.08. The van der Waals surface area contributed by atoms with E-state index in [1.54, 1.807) is 0 Å². The summed E-state index contributed by atoms with van der Waals surface area (Å²) in [5.74, 6) is 0. The van der Waals surface area contributed by atoms with Crippen LogP contribution in [-0.4, -0.2) is 4.57 Å². The van der Waals surface area contributed by atoms with Crippen molar-refractivity contribution in [3.63, 3.8) is 0 Å². The highest BCUT2D eigenvalue weighted by atomic mass is 79.9. The first-order chi connectivity index (χ1) is 15.8. The van der Waals surface area contributed by atoms with Gasteiger partial charge in [-0.05, 0) is 47.0 Å². The van der Waals surface area contributed by atoms with Crippen molar-refractivity contribution in [2.75, 3.05) is 0 Å². The summed E-state index contributed by atoms with van der Waals surface area (Å²) in [6, 6.07) is 43.3. The van der Waals surface area contributed by atoms with Crippen LogP contribution in [0.2, 0.25) is 0 Å². The Bertz CT molecular complexity index is 1540. The fourth-order valence-corrected chi connectivity index (χ4v) is 4.85. The Hall–Kier alpha value is -3.62. The van der Waals surface area contributed by atoms with Gasteiger partial charge in [0.25, 0.3) is 0 Å². The summed E-state index contributed by atoms with van der Waals surface area (Å²) >= 11 is 3.58. The molecule has 0 spiro atoms. The first-order valence-electron chi connectivity index (χ1n) is 10.7. The van der Waals surface area contributed by atoms with Crippen LogP contribution < -0.4 is 0 Å². The van der Waals surface area contributed by atoms with Gasteiger partial charge in [-0.15, -0.1) is 0 Å². The van der Waals surface area contributed by atoms with Crippen LogP contribution in [0.15, 0.2) is 126 Å². The highest BCUT2D eigenvalue weighted by Gasteiger charge is 2.16. The predicted octanol–water partition coefficient (Wildman–Crippen LogP) is 8.88. The molecular weight excluding hydrogens is 454 g/mol. The van der Waals surface area contributed by atoms with Gasteiger partial charge < -0.3 is 4.57 Å². The maximum absolute atomic E-state index is 3.58. The lowest BCUT2D eigenvalue weighted by Gasteiger charge is -2.12. The zero-order chi connectivity index (χ0) is 21.5. The van der Waals surface area contributed by atoms with Crippen molar-refractivity contribution in [2.45, 2.75) is 0 Å². The number of rotatable bonds is 3. The molecule has 1 nitrogen and oxygen atoms in total. The molecule has 0 bridgehead atoms. The smallest absolute Gasteiger partial charge is 0.0619 e. The van der Waals surface area contributed by atoms with E-state index in [1.165, 1.54) is 44.1 Å². The molecule has 0 atom stereocenters. The van der Waals surface area contributed by atoms with E-state index in [9.17, 15) is 0 Å². The SMILES string of the molecule is Brc1ccc(-n2c3ccccc3c3cccc(-c4ccc(-c5ccccc5)cc4)c32)cc1. The maximum atomic E-state index is 3.58. The molecule has 2 heteroatoms. The fourth-order valence-electron chi connectivity index (χ4n) is 4.58.